The van der Waals surface area contributed by atoms with Gasteiger partial charge in [0.1, 0.15) is 10.8 Å². The molecule has 0 atom stereocenters. The van der Waals surface area contributed by atoms with Gasteiger partial charge in [-0.3, -0.25) is 0 Å². The van der Waals surface area contributed by atoms with Gasteiger partial charge >= 0.3 is 5.97 Å². The third kappa shape index (κ3) is 2.30. The van der Waals surface area contributed by atoms with Crippen molar-refractivity contribution >= 4 is 40.2 Å². The Morgan fingerprint density at radius 3 is 2.64 bits per heavy atom. The lowest BCUT2D eigenvalue weighted by molar-refractivity contribution is 0.0695. The number of nitrogens with zero attached hydrogens (tertiary/aromatic N) is 1. The Labute approximate surface area is 96.2 Å². The number of carboxylic acid groups (broad SMARTS) is 1. The Morgan fingerprint density at radius 2 is 2.21 bits per heavy atom. The highest BCUT2D eigenvalue weighted by atomic mass is 127. The van der Waals surface area contributed by atoms with Crippen molar-refractivity contribution in [2.24, 2.45) is 0 Å². The molecule has 0 aliphatic heterocycles. The van der Waals surface area contributed by atoms with Crippen LogP contribution in [0.2, 0.25) is 5.15 Å². The van der Waals surface area contributed by atoms with Gasteiger partial charge in [0.15, 0.2) is 0 Å². The van der Waals surface area contributed by atoms with Crippen molar-refractivity contribution < 1.29 is 18.7 Å². The van der Waals surface area contributed by atoms with Crippen LogP contribution >= 0.6 is 34.2 Å². The first-order valence-corrected chi connectivity index (χ1v) is 4.76. The van der Waals surface area contributed by atoms with Gasteiger partial charge in [-0.05, 0) is 28.7 Å². The second-order valence-corrected chi connectivity index (χ2v) is 3.74. The maximum Gasteiger partial charge on any atom is 0.336 e. The lowest BCUT2D eigenvalue weighted by Crippen LogP contribution is -2.04. The summed E-state index contributed by atoms with van der Waals surface area (Å²) in [4.78, 5) is 14.0. The monoisotopic (exact) mass is 333 g/mol. The predicted molar refractivity (Wildman–Crippen MR) is 53.9 cm³/mol. The van der Waals surface area contributed by atoms with Crippen LogP contribution in [-0.4, -0.2) is 16.1 Å². The molecule has 0 bridgehead atoms. The van der Waals surface area contributed by atoms with E-state index in [0.29, 0.717) is 0 Å². The van der Waals surface area contributed by atoms with Gasteiger partial charge in [0, 0.05) is 0 Å². The van der Waals surface area contributed by atoms with E-state index in [9.17, 15) is 13.6 Å². The van der Waals surface area contributed by atoms with Crippen LogP contribution in [0.5, 0.6) is 0 Å². The van der Waals surface area contributed by atoms with Crippen molar-refractivity contribution in [3.05, 3.63) is 26.0 Å². The van der Waals surface area contributed by atoms with Crippen LogP contribution in [-0.2, 0) is 0 Å². The average molecular weight is 333 g/mol. The quantitative estimate of drug-likeness (QED) is 0.669. The molecule has 0 amide bonds. The van der Waals surface area contributed by atoms with E-state index in [1.807, 2.05) is 0 Å². The maximum absolute atomic E-state index is 12.2. The first-order valence-electron chi connectivity index (χ1n) is 3.31. The maximum atomic E-state index is 12.2. The third-order valence-electron chi connectivity index (χ3n) is 1.39. The van der Waals surface area contributed by atoms with Gasteiger partial charge in [-0.25, -0.2) is 18.6 Å². The van der Waals surface area contributed by atoms with Crippen LogP contribution in [0.4, 0.5) is 8.78 Å². The van der Waals surface area contributed by atoms with Gasteiger partial charge in [-0.1, -0.05) is 11.6 Å². The molecule has 3 nitrogen and oxygen atoms in total. The molecule has 14 heavy (non-hydrogen) atoms. The van der Waals surface area contributed by atoms with Crippen LogP contribution < -0.4 is 0 Å². The number of pyridine rings is 1. The highest BCUT2D eigenvalue weighted by Crippen LogP contribution is 2.26. The SMILES string of the molecule is O=C(O)c1cc(C(F)F)nc(Cl)c1I. The number of hydrogen-bond acceptors (Lipinski definition) is 2. The van der Waals surface area contributed by atoms with Gasteiger partial charge in [0.05, 0.1) is 9.13 Å². The first kappa shape index (κ1) is 11.6. The van der Waals surface area contributed by atoms with E-state index in [1.165, 1.54) is 0 Å². The van der Waals surface area contributed by atoms with E-state index in [4.69, 9.17) is 16.7 Å². The molecular weight excluding hydrogens is 330 g/mol. The summed E-state index contributed by atoms with van der Waals surface area (Å²) in [6.07, 6.45) is -2.83. The van der Waals surface area contributed by atoms with E-state index in [1.54, 1.807) is 22.6 Å². The first-order chi connectivity index (χ1) is 6.43. The van der Waals surface area contributed by atoms with E-state index in [2.05, 4.69) is 4.98 Å². The number of aromatic nitrogens is 1. The highest BCUT2D eigenvalue weighted by molar-refractivity contribution is 14.1. The standard InChI is InChI=1S/C7H3ClF2INO2/c8-5-4(11)2(7(13)14)1-3(12-5)6(9)10/h1,6H,(H,13,14). The van der Waals surface area contributed by atoms with E-state index in [-0.39, 0.29) is 14.3 Å². The van der Waals surface area contributed by atoms with Crippen LogP contribution in [0, 0.1) is 3.57 Å². The zero-order chi connectivity index (χ0) is 10.9. The normalized spacial score (nSPS) is 10.6. The lowest BCUT2D eigenvalue weighted by atomic mass is 10.2. The van der Waals surface area contributed by atoms with Crippen LogP contribution in [0.1, 0.15) is 22.5 Å². The molecule has 0 aliphatic rings. The molecule has 0 unspecified atom stereocenters. The Bertz CT molecular complexity index is 386. The summed E-state index contributed by atoms with van der Waals surface area (Å²) >= 11 is 7.13. The van der Waals surface area contributed by atoms with Crippen molar-refractivity contribution in [3.63, 3.8) is 0 Å². The molecule has 1 aromatic rings. The summed E-state index contributed by atoms with van der Waals surface area (Å²) < 4.78 is 24.6. The largest absolute Gasteiger partial charge is 0.478 e. The fraction of sp³-hybridized carbons (Fsp3) is 0.143. The van der Waals surface area contributed by atoms with Gasteiger partial charge in [-0.2, -0.15) is 0 Å². The van der Waals surface area contributed by atoms with Gasteiger partial charge < -0.3 is 5.11 Å². The second kappa shape index (κ2) is 4.35. The molecule has 76 valence electrons. The highest BCUT2D eigenvalue weighted by Gasteiger charge is 2.18. The minimum Gasteiger partial charge on any atom is -0.478 e. The Hall–Kier alpha value is -0.500. The van der Waals surface area contributed by atoms with Crippen molar-refractivity contribution in [3.8, 4) is 0 Å². The Morgan fingerprint density at radius 1 is 1.64 bits per heavy atom. The Balaban J connectivity index is 3.35. The van der Waals surface area contributed by atoms with Crippen molar-refractivity contribution in [1.29, 1.82) is 0 Å². The van der Waals surface area contributed by atoms with Gasteiger partial charge in [-0.15, -0.1) is 0 Å². The molecule has 0 spiro atoms. The lowest BCUT2D eigenvalue weighted by Gasteiger charge is -2.04. The molecule has 1 N–H and O–H groups in total. The third-order valence-corrected chi connectivity index (χ3v) is 3.08. The fourth-order valence-electron chi connectivity index (χ4n) is 0.784. The molecule has 1 rings (SSSR count). The molecule has 0 radical (unpaired) electrons. The van der Waals surface area contributed by atoms with Gasteiger partial charge in [0.25, 0.3) is 6.43 Å². The molecule has 7 heteroatoms. The smallest absolute Gasteiger partial charge is 0.336 e. The second-order valence-electron chi connectivity index (χ2n) is 2.31. The number of carbonyl (C=O) groups is 1. The van der Waals surface area contributed by atoms with Crippen LogP contribution in [0.15, 0.2) is 6.07 Å². The molecule has 0 aliphatic carbocycles. The summed E-state index contributed by atoms with van der Waals surface area (Å²) in [6, 6.07) is 0.820. The summed E-state index contributed by atoms with van der Waals surface area (Å²) in [6.45, 7) is 0. The summed E-state index contributed by atoms with van der Waals surface area (Å²) in [7, 11) is 0. The summed E-state index contributed by atoms with van der Waals surface area (Å²) in [5, 5.41) is 8.44. The number of hydrogen-bond donors (Lipinski definition) is 1. The van der Waals surface area contributed by atoms with E-state index >= 15 is 0 Å². The molecule has 0 aromatic carbocycles. The number of rotatable bonds is 2. The topological polar surface area (TPSA) is 50.2 Å². The average Bonchev–Trinajstić information content (AvgIpc) is 2.08. The number of alkyl halides is 2. The number of halogens is 4. The van der Waals surface area contributed by atoms with E-state index in [0.717, 1.165) is 6.07 Å². The predicted octanol–water partition coefficient (Wildman–Crippen LogP) is 2.98. The van der Waals surface area contributed by atoms with Crippen molar-refractivity contribution in [1.82, 2.24) is 4.98 Å². The molecule has 0 saturated carbocycles. The zero-order valence-corrected chi connectivity index (χ0v) is 9.38. The van der Waals surface area contributed by atoms with Crippen molar-refractivity contribution in [2.75, 3.05) is 0 Å². The minimum atomic E-state index is -2.83. The van der Waals surface area contributed by atoms with Crippen LogP contribution in [0.3, 0.4) is 0 Å². The van der Waals surface area contributed by atoms with Gasteiger partial charge in [0.2, 0.25) is 0 Å². The molecule has 1 aromatic heterocycles. The fourth-order valence-corrected chi connectivity index (χ4v) is 1.49. The van der Waals surface area contributed by atoms with Crippen molar-refractivity contribution in [2.45, 2.75) is 6.43 Å². The minimum absolute atomic E-state index is 0.154. The zero-order valence-electron chi connectivity index (χ0n) is 6.47. The summed E-state index contributed by atoms with van der Waals surface area (Å²) in [5.41, 5.74) is -0.895. The molecule has 0 saturated heterocycles. The Kier molecular flexibility index (Phi) is 3.59. The molecule has 1 heterocycles. The number of aromatic carboxylic acids is 1. The van der Waals surface area contributed by atoms with E-state index < -0.39 is 18.1 Å². The summed E-state index contributed by atoms with van der Waals surface area (Å²) in [5.74, 6) is -1.31. The molecular formula is C7H3ClF2INO2. The van der Waals surface area contributed by atoms with Crippen LogP contribution in [0.25, 0.3) is 0 Å². The number of carboxylic acids is 1. The molecule has 0 fully saturated rings.